The van der Waals surface area contributed by atoms with E-state index in [1.165, 1.54) is 0 Å². The average Bonchev–Trinajstić information content (AvgIpc) is 0.918. The topological polar surface area (TPSA) is 94.5 Å². The Morgan fingerprint density at radius 2 is 0.833 bits per heavy atom. The van der Waals surface area contributed by atoms with Gasteiger partial charge < -0.3 is 16.4 Å². The third-order valence-corrected chi connectivity index (χ3v) is 0. The molecule has 0 aromatic carbocycles. The first-order valence-corrected chi connectivity index (χ1v) is 4.24. The van der Waals surface area contributed by atoms with Crippen LogP contribution in [0.15, 0.2) is 0 Å². The summed E-state index contributed by atoms with van der Waals surface area (Å²) in [7, 11) is 9.63. The molecule has 0 bridgehead atoms. The number of rotatable bonds is 0. The molecule has 0 radical (unpaired) electrons. The summed E-state index contributed by atoms with van der Waals surface area (Å²) < 4.78 is 0. The van der Waals surface area contributed by atoms with Crippen molar-refractivity contribution in [2.45, 2.75) is 0 Å². The molecule has 3 nitrogen and oxygen atoms in total. The molecule has 48 valence electrons. The Bertz CT molecular complexity index is 8.75. The van der Waals surface area contributed by atoms with Crippen molar-refractivity contribution in [3.63, 3.8) is 0 Å². The normalized spacial score (nSPS) is 3.67. The van der Waals surface area contributed by atoms with Crippen molar-refractivity contribution in [2.24, 2.45) is 0 Å². The van der Waals surface area contributed by atoms with Gasteiger partial charge in [0, 0.05) is 0 Å². The van der Waals surface area contributed by atoms with Crippen LogP contribution in [0.4, 0.5) is 0 Å². The average molecular weight is 231 g/mol. The van der Waals surface area contributed by atoms with Crippen molar-refractivity contribution in [2.75, 3.05) is 0 Å². The van der Waals surface area contributed by atoms with Crippen LogP contribution in [0.25, 0.3) is 0 Å². The zero-order chi connectivity index (χ0) is 2.71. The van der Waals surface area contributed by atoms with Crippen LogP contribution < -0.4 is 0 Å². The van der Waals surface area contributed by atoms with Gasteiger partial charge in [0.25, 0.3) is 0 Å². The van der Waals surface area contributed by atoms with Crippen LogP contribution >= 0.6 is 19.1 Å². The van der Waals surface area contributed by atoms with Crippen molar-refractivity contribution >= 4 is 19.1 Å². The van der Waals surface area contributed by atoms with E-state index in [0.717, 1.165) is 0 Å². The number of hydrogen-bond donors (Lipinski definition) is 0. The molecule has 0 amide bonds. The second-order valence-corrected chi connectivity index (χ2v) is 2.41. The van der Waals surface area contributed by atoms with Crippen LogP contribution in [-0.4, -0.2) is 16.4 Å². The van der Waals surface area contributed by atoms with Gasteiger partial charge >= 0.3 is 35.0 Å². The third-order valence-electron chi connectivity index (χ3n) is 0. The SMILES string of the molecule is O.O.O.[Cl][Pd][Cl]. The summed E-state index contributed by atoms with van der Waals surface area (Å²) in [4.78, 5) is 0. The molecular formula is H6Cl2O3Pd. The van der Waals surface area contributed by atoms with Crippen LogP contribution in [0.1, 0.15) is 0 Å². The Labute approximate surface area is 51.7 Å². The third kappa shape index (κ3) is 69.1. The van der Waals surface area contributed by atoms with Crippen molar-refractivity contribution in [1.29, 1.82) is 0 Å². The zero-order valence-electron chi connectivity index (χ0n) is 2.57. The fourth-order valence-electron chi connectivity index (χ4n) is 0. The van der Waals surface area contributed by atoms with Gasteiger partial charge in [-0.05, 0) is 0 Å². The molecule has 0 rings (SSSR count). The molecule has 0 aliphatic carbocycles. The molecule has 6 heteroatoms. The number of halogens is 2. The van der Waals surface area contributed by atoms with E-state index in [1.54, 1.807) is 0 Å². The van der Waals surface area contributed by atoms with Gasteiger partial charge in [0.15, 0.2) is 0 Å². The molecule has 6 N–H and O–H groups in total. The van der Waals surface area contributed by atoms with Gasteiger partial charge in [0.05, 0.1) is 0 Å². The van der Waals surface area contributed by atoms with Gasteiger partial charge in [-0.1, -0.05) is 0 Å². The van der Waals surface area contributed by atoms with E-state index in [-0.39, 0.29) is 32.4 Å². The molecule has 0 atom stereocenters. The Hall–Kier alpha value is 1.12. The summed E-state index contributed by atoms with van der Waals surface area (Å²) in [6, 6.07) is 0. The standard InChI is InChI=1S/2ClH.3H2O.Pd/h2*1H;3*1H2;/q;;;;;+2/p-2. The molecule has 0 saturated carbocycles. The molecule has 0 unspecified atom stereocenters. The minimum absolute atomic E-state index is 0. The van der Waals surface area contributed by atoms with E-state index in [2.05, 4.69) is 0 Å². The van der Waals surface area contributed by atoms with Gasteiger partial charge in [-0.2, -0.15) is 0 Å². The Morgan fingerprint density at radius 3 is 0.833 bits per heavy atom. The summed E-state index contributed by atoms with van der Waals surface area (Å²) >= 11 is -0.106. The molecule has 6 heavy (non-hydrogen) atoms. The quantitative estimate of drug-likeness (QED) is 0.473. The maximum absolute atomic E-state index is 4.81. The molecule has 0 fully saturated rings. The van der Waals surface area contributed by atoms with Gasteiger partial charge in [-0.3, -0.25) is 0 Å². The van der Waals surface area contributed by atoms with Crippen LogP contribution in [0.3, 0.4) is 0 Å². The molecule has 0 aromatic rings. The molecule has 0 aliphatic rings. The summed E-state index contributed by atoms with van der Waals surface area (Å²) in [5.41, 5.74) is 0. The molecule has 0 spiro atoms. The zero-order valence-corrected chi connectivity index (χ0v) is 5.64. The van der Waals surface area contributed by atoms with Crippen molar-refractivity contribution in [1.82, 2.24) is 0 Å². The fraction of sp³-hybridized carbons (Fsp3) is 0. The fourth-order valence-corrected chi connectivity index (χ4v) is 0. The van der Waals surface area contributed by atoms with Crippen LogP contribution in [0.2, 0.25) is 0 Å². The first-order valence-electron chi connectivity index (χ1n) is 0.239. The first kappa shape index (κ1) is 27.4. The van der Waals surface area contributed by atoms with E-state index in [1.807, 2.05) is 0 Å². The maximum atomic E-state index is 4.81. The molecular weight excluding hydrogens is 225 g/mol. The Balaban J connectivity index is -0.00000000667. The van der Waals surface area contributed by atoms with Gasteiger partial charge in [0.2, 0.25) is 0 Å². The van der Waals surface area contributed by atoms with Gasteiger partial charge in [-0.15, -0.1) is 0 Å². The van der Waals surface area contributed by atoms with Crippen LogP contribution in [0.5, 0.6) is 0 Å². The van der Waals surface area contributed by atoms with E-state index in [4.69, 9.17) is 19.1 Å². The van der Waals surface area contributed by atoms with E-state index in [0.29, 0.717) is 0 Å². The van der Waals surface area contributed by atoms with Gasteiger partial charge in [-0.25, -0.2) is 0 Å². The van der Waals surface area contributed by atoms with Crippen molar-refractivity contribution in [3.05, 3.63) is 0 Å². The summed E-state index contributed by atoms with van der Waals surface area (Å²) in [6.45, 7) is 0. The van der Waals surface area contributed by atoms with E-state index >= 15 is 0 Å². The van der Waals surface area contributed by atoms with Crippen LogP contribution in [0, 0.1) is 0 Å². The second-order valence-electron chi connectivity index (χ2n) is 0.0452. The predicted molar refractivity (Wildman–Crippen MR) is 22.5 cm³/mol. The van der Waals surface area contributed by atoms with E-state index < -0.39 is 0 Å². The van der Waals surface area contributed by atoms with Crippen molar-refractivity contribution in [3.8, 4) is 0 Å². The monoisotopic (exact) mass is 230 g/mol. The second kappa shape index (κ2) is 35.7. The predicted octanol–water partition coefficient (Wildman–Crippen LogP) is -1.10. The van der Waals surface area contributed by atoms with Gasteiger partial charge in [0.1, 0.15) is 0 Å². The Morgan fingerprint density at radius 1 is 0.833 bits per heavy atom. The van der Waals surface area contributed by atoms with E-state index in [9.17, 15) is 0 Å². The summed E-state index contributed by atoms with van der Waals surface area (Å²) in [5.74, 6) is 0. The minimum atomic E-state index is -0.106. The first-order chi connectivity index (χ1) is 1.41. The molecule has 0 aromatic heterocycles. The summed E-state index contributed by atoms with van der Waals surface area (Å²) in [6.07, 6.45) is 0. The Kier molecular flexibility index (Phi) is 163. The molecule has 0 heterocycles. The van der Waals surface area contributed by atoms with Crippen molar-refractivity contribution < 1.29 is 32.4 Å². The van der Waals surface area contributed by atoms with Crippen LogP contribution in [-0.2, 0) is 15.9 Å². The number of hydrogen-bond acceptors (Lipinski definition) is 0. The summed E-state index contributed by atoms with van der Waals surface area (Å²) in [5, 5.41) is 0. The molecule has 0 saturated heterocycles. The molecule has 0 aliphatic heterocycles.